The molecule has 12 heavy (non-hydrogen) atoms. The van der Waals surface area contributed by atoms with Crippen molar-refractivity contribution in [3.05, 3.63) is 0 Å². The molecule has 0 saturated heterocycles. The van der Waals surface area contributed by atoms with Crippen LogP contribution in [0.2, 0.25) is 0 Å². The van der Waals surface area contributed by atoms with Crippen LogP contribution in [-0.2, 0) is 0 Å². The minimum absolute atomic E-state index is 0.0192. The van der Waals surface area contributed by atoms with E-state index in [0.29, 0.717) is 6.42 Å². The number of rotatable bonds is 4. The van der Waals surface area contributed by atoms with Crippen molar-refractivity contribution in [2.24, 2.45) is 0 Å². The second kappa shape index (κ2) is 6.16. The molecule has 4 heteroatoms. The standard InChI is InChI=1S/C8H10N4/c1-8(2-3-9)12(6-4-10)7-5-11/h8H,2,6-7H2,1H3. The SMILES string of the molecule is CC(CC#N)N(CC#N)CC#N. The van der Waals surface area contributed by atoms with E-state index in [-0.39, 0.29) is 19.1 Å². The third-order valence-electron chi connectivity index (χ3n) is 1.56. The Morgan fingerprint density at radius 2 is 1.58 bits per heavy atom. The molecule has 62 valence electrons. The average molecular weight is 162 g/mol. The van der Waals surface area contributed by atoms with Crippen molar-refractivity contribution in [1.82, 2.24) is 4.90 Å². The average Bonchev–Trinajstić information content (AvgIpc) is 2.04. The zero-order valence-electron chi connectivity index (χ0n) is 6.99. The number of hydrogen-bond acceptors (Lipinski definition) is 4. The van der Waals surface area contributed by atoms with Gasteiger partial charge < -0.3 is 0 Å². The van der Waals surface area contributed by atoms with Gasteiger partial charge in [-0.15, -0.1) is 0 Å². The molecule has 0 saturated carbocycles. The van der Waals surface area contributed by atoms with Crippen LogP contribution in [0.5, 0.6) is 0 Å². The molecule has 0 aromatic carbocycles. The first-order valence-corrected chi connectivity index (χ1v) is 3.61. The number of hydrogen-bond donors (Lipinski definition) is 0. The normalized spacial score (nSPS) is 11.2. The lowest BCUT2D eigenvalue weighted by Gasteiger charge is -2.20. The van der Waals surface area contributed by atoms with Crippen LogP contribution in [-0.4, -0.2) is 24.0 Å². The maximum atomic E-state index is 8.40. The molecule has 0 aromatic heterocycles. The summed E-state index contributed by atoms with van der Waals surface area (Å²) in [6.07, 6.45) is 0.351. The van der Waals surface area contributed by atoms with E-state index in [9.17, 15) is 0 Å². The quantitative estimate of drug-likeness (QED) is 0.568. The van der Waals surface area contributed by atoms with Gasteiger partial charge in [0.1, 0.15) is 0 Å². The highest BCUT2D eigenvalue weighted by atomic mass is 15.1. The molecule has 0 N–H and O–H groups in total. The summed E-state index contributed by atoms with van der Waals surface area (Å²) in [6.45, 7) is 2.24. The highest BCUT2D eigenvalue weighted by molar-refractivity contribution is 4.89. The van der Waals surface area contributed by atoms with E-state index in [4.69, 9.17) is 15.8 Å². The van der Waals surface area contributed by atoms with Crippen molar-refractivity contribution in [2.75, 3.05) is 13.1 Å². The summed E-state index contributed by atoms with van der Waals surface area (Å²) in [5.74, 6) is 0. The van der Waals surface area contributed by atoms with Gasteiger partial charge in [-0.2, -0.15) is 15.8 Å². The van der Waals surface area contributed by atoms with Crippen LogP contribution in [0.25, 0.3) is 0 Å². The van der Waals surface area contributed by atoms with Gasteiger partial charge in [-0.1, -0.05) is 0 Å². The molecule has 0 spiro atoms. The first kappa shape index (κ1) is 10.4. The molecule has 1 unspecified atom stereocenters. The van der Waals surface area contributed by atoms with Crippen LogP contribution in [0.3, 0.4) is 0 Å². The fourth-order valence-electron chi connectivity index (χ4n) is 0.810. The van der Waals surface area contributed by atoms with Gasteiger partial charge in [0.15, 0.2) is 0 Å². The Labute approximate surface area is 72.2 Å². The Morgan fingerprint density at radius 1 is 1.08 bits per heavy atom. The fourth-order valence-corrected chi connectivity index (χ4v) is 0.810. The molecule has 0 heterocycles. The lowest BCUT2D eigenvalue weighted by atomic mass is 10.2. The fraction of sp³-hybridized carbons (Fsp3) is 0.625. The molecule has 0 bridgehead atoms. The van der Waals surface area contributed by atoms with Crippen molar-refractivity contribution in [3.63, 3.8) is 0 Å². The molecule has 0 aliphatic rings. The summed E-state index contributed by atoms with van der Waals surface area (Å²) < 4.78 is 0. The highest BCUT2D eigenvalue weighted by Crippen LogP contribution is 2.00. The van der Waals surface area contributed by atoms with Crippen molar-refractivity contribution in [2.45, 2.75) is 19.4 Å². The smallest absolute Gasteiger partial charge is 0.0876 e. The van der Waals surface area contributed by atoms with Gasteiger partial charge in [-0.25, -0.2) is 0 Å². The van der Waals surface area contributed by atoms with Gasteiger partial charge in [-0.3, -0.25) is 4.90 Å². The molecule has 0 aliphatic heterocycles. The van der Waals surface area contributed by atoms with Crippen LogP contribution in [0.4, 0.5) is 0 Å². The number of nitriles is 3. The van der Waals surface area contributed by atoms with E-state index in [1.54, 1.807) is 4.90 Å². The zero-order valence-corrected chi connectivity index (χ0v) is 6.99. The molecular formula is C8H10N4. The van der Waals surface area contributed by atoms with Crippen molar-refractivity contribution in [1.29, 1.82) is 15.8 Å². The molecule has 0 radical (unpaired) electrons. The first-order valence-electron chi connectivity index (χ1n) is 3.61. The second-order valence-electron chi connectivity index (χ2n) is 2.43. The van der Waals surface area contributed by atoms with Crippen LogP contribution < -0.4 is 0 Å². The molecular weight excluding hydrogens is 152 g/mol. The molecule has 0 rings (SSSR count). The van der Waals surface area contributed by atoms with E-state index in [2.05, 4.69) is 0 Å². The van der Waals surface area contributed by atoms with E-state index in [1.165, 1.54) is 0 Å². The van der Waals surface area contributed by atoms with E-state index >= 15 is 0 Å². The van der Waals surface area contributed by atoms with Gasteiger partial charge >= 0.3 is 0 Å². The molecule has 0 fully saturated rings. The minimum atomic E-state index is -0.0192. The Balaban J connectivity index is 4.04. The molecule has 0 aliphatic carbocycles. The third kappa shape index (κ3) is 3.56. The molecule has 0 aromatic rings. The van der Waals surface area contributed by atoms with Crippen LogP contribution >= 0.6 is 0 Å². The van der Waals surface area contributed by atoms with Gasteiger partial charge in [0.2, 0.25) is 0 Å². The van der Waals surface area contributed by atoms with E-state index in [1.807, 2.05) is 25.1 Å². The topological polar surface area (TPSA) is 74.6 Å². The summed E-state index contributed by atoms with van der Waals surface area (Å²) in [5, 5.41) is 25.2. The first-order chi connectivity index (χ1) is 5.76. The van der Waals surface area contributed by atoms with Gasteiger partial charge in [-0.05, 0) is 6.92 Å². The summed E-state index contributed by atoms with van der Waals surface area (Å²) in [4.78, 5) is 1.67. The molecule has 1 atom stereocenters. The summed E-state index contributed by atoms with van der Waals surface area (Å²) in [5.41, 5.74) is 0. The van der Waals surface area contributed by atoms with Crippen LogP contribution in [0, 0.1) is 34.0 Å². The van der Waals surface area contributed by atoms with Crippen molar-refractivity contribution < 1.29 is 0 Å². The lowest BCUT2D eigenvalue weighted by molar-refractivity contribution is 0.265. The summed E-state index contributed by atoms with van der Waals surface area (Å²) in [6, 6.07) is 5.90. The Hall–Kier alpha value is -1.57. The second-order valence-corrected chi connectivity index (χ2v) is 2.43. The highest BCUT2D eigenvalue weighted by Gasteiger charge is 2.11. The summed E-state index contributed by atoms with van der Waals surface area (Å²) in [7, 11) is 0. The largest absolute Gasteiger partial charge is 0.274 e. The van der Waals surface area contributed by atoms with Crippen LogP contribution in [0.15, 0.2) is 0 Å². The molecule has 4 nitrogen and oxygen atoms in total. The Kier molecular flexibility index (Phi) is 5.35. The monoisotopic (exact) mass is 162 g/mol. The van der Waals surface area contributed by atoms with E-state index in [0.717, 1.165) is 0 Å². The lowest BCUT2D eigenvalue weighted by Crippen LogP contribution is -2.33. The predicted octanol–water partition coefficient (Wildman–Crippen LogP) is 0.638. The zero-order chi connectivity index (χ0) is 9.40. The predicted molar refractivity (Wildman–Crippen MR) is 42.5 cm³/mol. The van der Waals surface area contributed by atoms with Crippen LogP contribution in [0.1, 0.15) is 13.3 Å². The van der Waals surface area contributed by atoms with Gasteiger partial charge in [0.05, 0.1) is 37.7 Å². The van der Waals surface area contributed by atoms with Crippen molar-refractivity contribution >= 4 is 0 Å². The third-order valence-corrected chi connectivity index (χ3v) is 1.56. The van der Waals surface area contributed by atoms with Crippen molar-refractivity contribution in [3.8, 4) is 18.2 Å². The minimum Gasteiger partial charge on any atom is -0.274 e. The number of nitrogens with zero attached hydrogens (tertiary/aromatic N) is 4. The Morgan fingerprint density at radius 3 is 1.92 bits per heavy atom. The maximum absolute atomic E-state index is 8.40. The summed E-state index contributed by atoms with van der Waals surface area (Å²) >= 11 is 0. The van der Waals surface area contributed by atoms with Gasteiger partial charge in [0.25, 0.3) is 0 Å². The molecule has 0 amide bonds. The van der Waals surface area contributed by atoms with E-state index < -0.39 is 0 Å². The van der Waals surface area contributed by atoms with Gasteiger partial charge in [0, 0.05) is 6.04 Å². The maximum Gasteiger partial charge on any atom is 0.0876 e. The Bertz CT molecular complexity index is 223.